The van der Waals surface area contributed by atoms with Gasteiger partial charge in [0, 0.05) is 108 Å². The molecule has 2 aliphatic rings. The normalized spacial score (nSPS) is 15.4. The molecule has 0 aliphatic carbocycles. The number of Topliss-reactive ketones (excluding diaryl/α,β-unsaturated/α-hetero) is 1. The Balaban J connectivity index is 1.18. The number of carboxylic acids is 1. The smallest absolute Gasteiger partial charge is 0.426 e. The lowest BCUT2D eigenvalue weighted by atomic mass is 10.0. The van der Waals surface area contributed by atoms with Crippen LogP contribution in [0.2, 0.25) is 0 Å². The Morgan fingerprint density at radius 3 is 1.75 bits per heavy atom. The van der Waals surface area contributed by atoms with Gasteiger partial charge in [-0.2, -0.15) is 11.8 Å². The van der Waals surface area contributed by atoms with Crippen molar-refractivity contribution >= 4 is 76.9 Å². The molecule has 0 unspecified atom stereocenters. The highest BCUT2D eigenvalue weighted by Crippen LogP contribution is 2.33. The molecule has 2 fully saturated rings. The Kier molecular flexibility index (Phi) is 39.5. The Morgan fingerprint density at radius 1 is 0.598 bits per heavy atom. The average Bonchev–Trinajstić information content (AvgIpc) is 2.11. The number of rotatable bonds is 51. The Bertz CT molecular complexity index is 2230. The maximum atomic E-state index is 13.3. The molecule has 26 nitrogen and oxygen atoms in total. The summed E-state index contributed by atoms with van der Waals surface area (Å²) >= 11 is 1.90. The Labute approximate surface area is 517 Å². The molecule has 0 spiro atoms. The van der Waals surface area contributed by atoms with Crippen molar-refractivity contribution in [3.63, 3.8) is 0 Å². The van der Waals surface area contributed by atoms with E-state index in [9.17, 15) is 47.9 Å². The van der Waals surface area contributed by atoms with Crippen molar-refractivity contribution in [3.8, 4) is 0 Å². The van der Waals surface area contributed by atoms with Crippen molar-refractivity contribution in [1.82, 2.24) is 52.9 Å². The van der Waals surface area contributed by atoms with Crippen LogP contribution in [0.4, 0.5) is 15.4 Å². The molecular formula is C60H101N11O15S. The van der Waals surface area contributed by atoms with Gasteiger partial charge >= 0.3 is 18.1 Å². The molecule has 3 rings (SSSR count). The van der Waals surface area contributed by atoms with Gasteiger partial charge in [0.25, 0.3) is 5.91 Å². The van der Waals surface area contributed by atoms with E-state index in [2.05, 4.69) is 58.4 Å². The molecule has 1 aromatic heterocycles. The highest BCUT2D eigenvalue weighted by Gasteiger charge is 2.42. The van der Waals surface area contributed by atoms with Crippen LogP contribution < -0.4 is 53.4 Å². The number of nitrogens with one attached hydrogen (secondary N) is 10. The van der Waals surface area contributed by atoms with Gasteiger partial charge in [-0.25, -0.2) is 20.0 Å². The number of nitrogens with zero attached hydrogens (tertiary/aromatic N) is 1. The highest BCUT2D eigenvalue weighted by atomic mass is 32.2. The van der Waals surface area contributed by atoms with Crippen molar-refractivity contribution in [1.29, 1.82) is 0 Å². The fourth-order valence-corrected chi connectivity index (χ4v) is 10.8. The molecule has 87 heavy (non-hydrogen) atoms. The number of aromatic nitrogens is 1. The molecule has 9 amide bonds. The van der Waals surface area contributed by atoms with Gasteiger partial charge in [0.15, 0.2) is 0 Å². The highest BCUT2D eigenvalue weighted by molar-refractivity contribution is 8.00. The largest absolute Gasteiger partial charge is 0.481 e. The van der Waals surface area contributed by atoms with Crippen LogP contribution in [-0.2, 0) is 52.5 Å². The number of urea groups is 1. The van der Waals surface area contributed by atoms with E-state index < -0.39 is 29.6 Å². The summed E-state index contributed by atoms with van der Waals surface area (Å²) in [6.45, 7) is 9.82. The van der Waals surface area contributed by atoms with Gasteiger partial charge in [0.1, 0.15) is 23.2 Å². The number of carbonyl (C=O) groups excluding carboxylic acids is 9. The van der Waals surface area contributed by atoms with Crippen LogP contribution in [0.3, 0.4) is 0 Å². The van der Waals surface area contributed by atoms with E-state index in [0.717, 1.165) is 57.1 Å². The molecule has 4 atom stereocenters. The van der Waals surface area contributed by atoms with E-state index in [-0.39, 0.29) is 72.7 Å². The molecule has 2 saturated heterocycles. The van der Waals surface area contributed by atoms with E-state index in [1.807, 2.05) is 11.8 Å². The fourth-order valence-electron chi connectivity index (χ4n) is 9.27. The number of aliphatic carboxylic acids is 1. The monoisotopic (exact) mass is 1250 g/mol. The number of unbranched alkanes of at least 4 members (excludes halogenated alkanes) is 9. The maximum Gasteiger partial charge on any atom is 0.426 e. The van der Waals surface area contributed by atoms with Crippen LogP contribution in [-0.4, -0.2) is 177 Å². The number of hydrazine groups is 1. The zero-order chi connectivity index (χ0) is 63.3. The average molecular weight is 1250 g/mol. The van der Waals surface area contributed by atoms with E-state index in [1.54, 1.807) is 32.9 Å². The number of thioether (sulfide) groups is 1. The second-order valence-electron chi connectivity index (χ2n) is 22.8. The molecule has 2 aliphatic heterocycles. The first kappa shape index (κ1) is 74.9. The predicted octanol–water partition coefficient (Wildman–Crippen LogP) is 5.23. The quantitative estimate of drug-likeness (QED) is 0.0226. The van der Waals surface area contributed by atoms with Crippen molar-refractivity contribution in [3.05, 3.63) is 23.9 Å². The second-order valence-corrected chi connectivity index (χ2v) is 24.0. The van der Waals surface area contributed by atoms with E-state index in [4.69, 9.17) is 24.1 Å². The number of carboxylic acid groups (broad SMARTS) is 1. The van der Waals surface area contributed by atoms with E-state index in [1.165, 1.54) is 6.20 Å². The first-order chi connectivity index (χ1) is 41.9. The van der Waals surface area contributed by atoms with Gasteiger partial charge in [-0.05, 0) is 123 Å². The van der Waals surface area contributed by atoms with E-state index in [0.29, 0.717) is 179 Å². The van der Waals surface area contributed by atoms with Gasteiger partial charge in [0.05, 0.1) is 44.1 Å². The maximum absolute atomic E-state index is 13.3. The Morgan fingerprint density at radius 2 is 1.14 bits per heavy atom. The van der Waals surface area contributed by atoms with Gasteiger partial charge < -0.3 is 66.6 Å². The summed E-state index contributed by atoms with van der Waals surface area (Å²) in [6, 6.07) is 2.64. The van der Waals surface area contributed by atoms with Gasteiger partial charge in [-0.3, -0.25) is 43.8 Å². The minimum atomic E-state index is -0.864. The number of fused-ring (bicyclic) bond motifs is 1. The summed E-state index contributed by atoms with van der Waals surface area (Å²) in [5.41, 5.74) is 4.72. The third-order valence-corrected chi connectivity index (χ3v) is 15.5. The molecule has 11 N–H and O–H groups in total. The topological polar surface area (TPSA) is 361 Å². The lowest BCUT2D eigenvalue weighted by Crippen LogP contribution is -2.47. The molecule has 0 aromatic carbocycles. The van der Waals surface area contributed by atoms with Crippen molar-refractivity contribution in [2.45, 2.75) is 210 Å². The standard InChI is InChI=1S/C60H101N11O15S/c1-60(2,3)86-59(82)71-70-49-28-27-44(42-66-49)56(79)64-34-16-5-8-25-50(73)61-31-14-4-7-24-51(74)62-33-17-12-22-46(67-53(76)30-29-52(75)63-32-15-6-9-26-54(77)78)57(80)65-35-19-37-84-39-41-85-40-38-83-36-18-13-21-45(72)20-10-11-23-48-55-47(43-87-48)68-58(81)69-55/h27-28,42,46-48,55H,4-26,29-41,43H2,1-3H3,(H,61,73)(H,62,74)(H,63,75)(H,64,79)(H,65,80)(H,66,70)(H,67,76)(H,71,82)(H,77,78)(H2,68,69,81)/t46-,47-,48-,55-/m0/s1. The van der Waals surface area contributed by atoms with Crippen LogP contribution >= 0.6 is 11.8 Å². The molecule has 0 radical (unpaired) electrons. The molecule has 492 valence electrons. The Hall–Kier alpha value is -6.32. The number of amides is 9. The molecule has 0 saturated carbocycles. The van der Waals surface area contributed by atoms with Crippen molar-refractivity contribution < 1.29 is 72.0 Å². The molecule has 27 heteroatoms. The zero-order valence-electron chi connectivity index (χ0n) is 51.7. The van der Waals surface area contributed by atoms with Crippen LogP contribution in [0.25, 0.3) is 0 Å². The number of anilines is 1. The third kappa shape index (κ3) is 38.5. The molecule has 0 bridgehead atoms. The van der Waals surface area contributed by atoms with Gasteiger partial charge in [-0.1, -0.05) is 25.7 Å². The number of hydrogen-bond acceptors (Lipinski definition) is 17. The summed E-state index contributed by atoms with van der Waals surface area (Å²) in [6.07, 6.45) is 14.9. The molecular weight excluding hydrogens is 1150 g/mol. The predicted molar refractivity (Wildman–Crippen MR) is 330 cm³/mol. The van der Waals surface area contributed by atoms with Crippen LogP contribution in [0.1, 0.15) is 192 Å². The zero-order valence-corrected chi connectivity index (χ0v) is 52.5. The summed E-state index contributed by atoms with van der Waals surface area (Å²) in [7, 11) is 0. The minimum Gasteiger partial charge on any atom is -0.481 e. The number of carbonyl (C=O) groups is 10. The second kappa shape index (κ2) is 45.9. The molecule has 1 aromatic rings. The summed E-state index contributed by atoms with van der Waals surface area (Å²) < 4.78 is 22.1. The summed E-state index contributed by atoms with van der Waals surface area (Å²) in [4.78, 5) is 126. The number of hydrogen-bond donors (Lipinski definition) is 11. The SMILES string of the molecule is CC(C)(C)OC(=O)NNc1ccc(C(=O)NCCCCCC(=O)NCCCCCC(=O)NCCCC[C@H](NC(=O)CCC(=O)NCCCCCC(=O)O)C(=O)NCCCOCCOCCOCCCCC(=O)CCCC[C@@H]2SC[C@@H]3NC(=O)N[C@@H]32)cn1. The number of pyridine rings is 1. The third-order valence-electron chi connectivity index (χ3n) is 14.0. The first-order valence-corrected chi connectivity index (χ1v) is 32.4. The lowest BCUT2D eigenvalue weighted by molar-refractivity contribution is -0.137. The first-order valence-electron chi connectivity index (χ1n) is 31.4. The summed E-state index contributed by atoms with van der Waals surface area (Å²) in [5, 5.41) is 32.2. The van der Waals surface area contributed by atoms with Crippen LogP contribution in [0, 0.1) is 0 Å². The van der Waals surface area contributed by atoms with E-state index >= 15 is 0 Å². The van der Waals surface area contributed by atoms with Crippen molar-refractivity contribution in [2.24, 2.45) is 0 Å². The number of ether oxygens (including phenoxy) is 4. The van der Waals surface area contributed by atoms with Crippen molar-refractivity contribution in [2.75, 3.05) is 83.5 Å². The van der Waals surface area contributed by atoms with Gasteiger partial charge in [0.2, 0.25) is 29.5 Å². The molecule has 3 heterocycles. The lowest BCUT2D eigenvalue weighted by Gasteiger charge is -2.19. The summed E-state index contributed by atoms with van der Waals surface area (Å²) in [5.74, 6) is -0.856. The minimum absolute atomic E-state index is 0.0485. The number of ketones is 1. The van der Waals surface area contributed by atoms with Gasteiger partial charge in [-0.15, -0.1) is 0 Å². The fraction of sp³-hybridized carbons (Fsp3) is 0.750. The van der Waals surface area contributed by atoms with Crippen LogP contribution in [0.15, 0.2) is 18.3 Å². The van der Waals surface area contributed by atoms with Crippen LogP contribution in [0.5, 0.6) is 0 Å².